The standard InChI is InChI=1S/C25H27N3OS/c1-6-29-19-13-11-18(12-14-19)22-16(4)30-25-23(22)24(26-17(5)27-25)28-21-10-8-7-9-20(21)15(2)3/h7-15H,6H2,1-5H3,(H,26,27,28). The number of benzene rings is 2. The quantitative estimate of drug-likeness (QED) is 0.359. The van der Waals surface area contributed by atoms with Crippen LogP contribution in [0, 0.1) is 13.8 Å². The minimum absolute atomic E-state index is 0.418. The van der Waals surface area contributed by atoms with E-state index in [0.29, 0.717) is 12.5 Å². The van der Waals surface area contributed by atoms with Crippen LogP contribution in [0.25, 0.3) is 21.3 Å². The number of fused-ring (bicyclic) bond motifs is 1. The number of anilines is 2. The summed E-state index contributed by atoms with van der Waals surface area (Å²) < 4.78 is 5.62. The monoisotopic (exact) mass is 417 g/mol. The molecule has 154 valence electrons. The number of aromatic nitrogens is 2. The number of nitrogens with one attached hydrogen (secondary N) is 1. The molecule has 2 heterocycles. The van der Waals surface area contributed by atoms with E-state index < -0.39 is 0 Å². The molecule has 0 bridgehead atoms. The molecular formula is C25H27N3OS. The molecule has 1 N–H and O–H groups in total. The van der Waals surface area contributed by atoms with Gasteiger partial charge < -0.3 is 10.1 Å². The number of nitrogens with zero attached hydrogens (tertiary/aromatic N) is 2. The summed E-state index contributed by atoms with van der Waals surface area (Å²) in [6.45, 7) is 11.2. The van der Waals surface area contributed by atoms with Gasteiger partial charge in [0.25, 0.3) is 0 Å². The SMILES string of the molecule is CCOc1ccc(-c2c(C)sc3nc(C)nc(Nc4ccccc4C(C)C)c23)cc1. The van der Waals surface area contributed by atoms with Gasteiger partial charge in [-0.3, -0.25) is 0 Å². The molecule has 2 aromatic carbocycles. The van der Waals surface area contributed by atoms with Gasteiger partial charge in [-0.15, -0.1) is 11.3 Å². The summed E-state index contributed by atoms with van der Waals surface area (Å²) >= 11 is 1.72. The lowest BCUT2D eigenvalue weighted by molar-refractivity contribution is 0.340. The average Bonchev–Trinajstić information content (AvgIpc) is 3.05. The molecule has 0 fully saturated rings. The van der Waals surface area contributed by atoms with E-state index >= 15 is 0 Å². The predicted molar refractivity (Wildman–Crippen MR) is 127 cm³/mol. The fourth-order valence-corrected chi connectivity index (χ4v) is 4.87. The van der Waals surface area contributed by atoms with Gasteiger partial charge in [0.2, 0.25) is 0 Å². The van der Waals surface area contributed by atoms with Gasteiger partial charge >= 0.3 is 0 Å². The lowest BCUT2D eigenvalue weighted by atomic mass is 10.0. The van der Waals surface area contributed by atoms with Crippen molar-refractivity contribution in [3.8, 4) is 16.9 Å². The molecule has 4 nitrogen and oxygen atoms in total. The number of para-hydroxylation sites is 1. The summed E-state index contributed by atoms with van der Waals surface area (Å²) in [5.74, 6) is 2.93. The molecule has 0 radical (unpaired) electrons. The molecule has 2 aromatic heterocycles. The van der Waals surface area contributed by atoms with Crippen LogP contribution in [-0.4, -0.2) is 16.6 Å². The third-order valence-electron chi connectivity index (χ3n) is 5.13. The maximum absolute atomic E-state index is 5.62. The van der Waals surface area contributed by atoms with E-state index in [9.17, 15) is 0 Å². The number of hydrogen-bond donors (Lipinski definition) is 1. The minimum atomic E-state index is 0.418. The highest BCUT2D eigenvalue weighted by molar-refractivity contribution is 7.19. The van der Waals surface area contributed by atoms with Gasteiger partial charge in [-0.1, -0.05) is 44.2 Å². The normalized spacial score (nSPS) is 11.3. The Morgan fingerprint density at radius 3 is 2.43 bits per heavy atom. The van der Waals surface area contributed by atoms with Crippen LogP contribution in [0.1, 0.15) is 43.0 Å². The Kier molecular flexibility index (Phi) is 5.73. The van der Waals surface area contributed by atoms with Gasteiger partial charge in [0.1, 0.15) is 22.2 Å². The van der Waals surface area contributed by atoms with Crippen molar-refractivity contribution in [2.75, 3.05) is 11.9 Å². The minimum Gasteiger partial charge on any atom is -0.494 e. The van der Waals surface area contributed by atoms with Crippen molar-refractivity contribution < 1.29 is 4.74 Å². The van der Waals surface area contributed by atoms with Crippen molar-refractivity contribution in [3.63, 3.8) is 0 Å². The largest absolute Gasteiger partial charge is 0.494 e. The second-order valence-electron chi connectivity index (χ2n) is 7.66. The Morgan fingerprint density at radius 2 is 1.73 bits per heavy atom. The van der Waals surface area contributed by atoms with Crippen molar-refractivity contribution in [1.82, 2.24) is 9.97 Å². The zero-order valence-corrected chi connectivity index (χ0v) is 18.9. The van der Waals surface area contributed by atoms with Crippen molar-refractivity contribution in [2.24, 2.45) is 0 Å². The highest BCUT2D eigenvalue weighted by atomic mass is 32.1. The zero-order valence-electron chi connectivity index (χ0n) is 18.1. The molecule has 0 aliphatic rings. The fourth-order valence-electron chi connectivity index (χ4n) is 3.78. The van der Waals surface area contributed by atoms with Crippen LogP contribution in [0.3, 0.4) is 0 Å². The first-order valence-corrected chi connectivity index (χ1v) is 11.2. The van der Waals surface area contributed by atoms with E-state index in [1.807, 2.05) is 26.0 Å². The molecule has 0 saturated carbocycles. The van der Waals surface area contributed by atoms with Gasteiger partial charge in [0.15, 0.2) is 0 Å². The molecule has 4 rings (SSSR count). The number of ether oxygens (including phenoxy) is 1. The maximum atomic E-state index is 5.62. The summed E-state index contributed by atoms with van der Waals surface area (Å²) in [4.78, 5) is 11.8. The molecule has 0 aliphatic heterocycles. The number of hydrogen-bond acceptors (Lipinski definition) is 5. The fraction of sp³-hybridized carbons (Fsp3) is 0.280. The molecule has 0 atom stereocenters. The molecule has 0 saturated heterocycles. The first-order chi connectivity index (χ1) is 14.5. The Hall–Kier alpha value is -2.92. The molecule has 0 unspecified atom stereocenters. The highest BCUT2D eigenvalue weighted by Gasteiger charge is 2.19. The first-order valence-electron chi connectivity index (χ1n) is 10.3. The number of aryl methyl sites for hydroxylation is 2. The topological polar surface area (TPSA) is 47.0 Å². The van der Waals surface area contributed by atoms with Gasteiger partial charge in [-0.25, -0.2) is 9.97 Å². The number of rotatable bonds is 6. The van der Waals surface area contributed by atoms with Crippen LogP contribution in [0.5, 0.6) is 5.75 Å². The van der Waals surface area contributed by atoms with E-state index in [-0.39, 0.29) is 0 Å². The van der Waals surface area contributed by atoms with E-state index in [1.165, 1.54) is 16.0 Å². The van der Waals surface area contributed by atoms with Gasteiger partial charge in [0, 0.05) is 16.1 Å². The van der Waals surface area contributed by atoms with Crippen LogP contribution in [0.4, 0.5) is 11.5 Å². The van der Waals surface area contributed by atoms with Crippen LogP contribution in [0.2, 0.25) is 0 Å². The van der Waals surface area contributed by atoms with Crippen LogP contribution in [-0.2, 0) is 0 Å². The van der Waals surface area contributed by atoms with E-state index in [0.717, 1.165) is 38.9 Å². The summed E-state index contributed by atoms with van der Waals surface area (Å²) in [5, 5.41) is 4.70. The van der Waals surface area contributed by atoms with Crippen LogP contribution in [0.15, 0.2) is 48.5 Å². The average molecular weight is 418 g/mol. The molecule has 4 aromatic rings. The second kappa shape index (κ2) is 8.44. The first kappa shape index (κ1) is 20.4. The van der Waals surface area contributed by atoms with Crippen LogP contribution < -0.4 is 10.1 Å². The Morgan fingerprint density at radius 1 is 1.00 bits per heavy atom. The van der Waals surface area contributed by atoms with Gasteiger partial charge in [-0.2, -0.15) is 0 Å². The predicted octanol–water partition coefficient (Wildman–Crippen LogP) is 7.24. The summed E-state index contributed by atoms with van der Waals surface area (Å²) in [6.07, 6.45) is 0. The van der Waals surface area contributed by atoms with Gasteiger partial charge in [-0.05, 0) is 56.0 Å². The molecular weight excluding hydrogens is 390 g/mol. The lowest BCUT2D eigenvalue weighted by Crippen LogP contribution is -2.02. The van der Waals surface area contributed by atoms with Crippen molar-refractivity contribution in [2.45, 2.75) is 40.5 Å². The van der Waals surface area contributed by atoms with Crippen molar-refractivity contribution in [1.29, 1.82) is 0 Å². The Bertz CT molecular complexity index is 1180. The third-order valence-corrected chi connectivity index (χ3v) is 6.13. The second-order valence-corrected chi connectivity index (χ2v) is 8.86. The zero-order chi connectivity index (χ0) is 21.3. The molecule has 0 amide bonds. The van der Waals surface area contributed by atoms with E-state index in [1.54, 1.807) is 11.3 Å². The molecule has 0 aliphatic carbocycles. The summed E-state index contributed by atoms with van der Waals surface area (Å²) in [6, 6.07) is 16.7. The van der Waals surface area contributed by atoms with E-state index in [4.69, 9.17) is 14.7 Å². The number of thiophene rings is 1. The maximum Gasteiger partial charge on any atom is 0.143 e. The summed E-state index contributed by atoms with van der Waals surface area (Å²) in [7, 11) is 0. The Labute approximate surface area is 182 Å². The van der Waals surface area contributed by atoms with E-state index in [2.05, 4.69) is 62.5 Å². The molecule has 30 heavy (non-hydrogen) atoms. The lowest BCUT2D eigenvalue weighted by Gasteiger charge is -2.15. The van der Waals surface area contributed by atoms with Crippen molar-refractivity contribution >= 4 is 33.1 Å². The Balaban J connectivity index is 1.87. The van der Waals surface area contributed by atoms with Gasteiger partial charge in [0.05, 0.1) is 12.0 Å². The third kappa shape index (κ3) is 3.90. The van der Waals surface area contributed by atoms with Crippen LogP contribution >= 0.6 is 11.3 Å². The van der Waals surface area contributed by atoms with Crippen molar-refractivity contribution in [3.05, 3.63) is 64.8 Å². The molecule has 0 spiro atoms. The molecule has 5 heteroatoms. The summed E-state index contributed by atoms with van der Waals surface area (Å²) in [5.41, 5.74) is 4.70. The smallest absolute Gasteiger partial charge is 0.143 e. The highest BCUT2D eigenvalue weighted by Crippen LogP contribution is 2.42.